The predicted molar refractivity (Wildman–Crippen MR) is 104 cm³/mol. The quantitative estimate of drug-likeness (QED) is 0.769. The molecule has 1 N–H and O–H groups in total. The molecule has 0 bridgehead atoms. The molecule has 0 spiro atoms. The number of rotatable bonds is 6. The molecule has 2 aliphatic rings. The maximum Gasteiger partial charge on any atom is 0.321 e. The average Bonchev–Trinajstić information content (AvgIpc) is 2.58. The predicted octanol–water partition coefficient (Wildman–Crippen LogP) is 0.805. The Hall–Kier alpha value is -1.68. The molecule has 1 aromatic carbocycles. The summed E-state index contributed by atoms with van der Waals surface area (Å²) in [5.41, 5.74) is 1.77. The molecule has 2 fully saturated rings. The number of para-hydroxylation sites is 1. The topological polar surface area (TPSA) is 82.2 Å². The third kappa shape index (κ3) is 5.19. The van der Waals surface area contributed by atoms with Gasteiger partial charge in [0, 0.05) is 45.0 Å². The highest BCUT2D eigenvalue weighted by molar-refractivity contribution is 7.88. The molecule has 27 heavy (non-hydrogen) atoms. The number of sulfonamides is 1. The van der Waals surface area contributed by atoms with E-state index in [0.717, 1.165) is 24.3 Å². The fourth-order valence-electron chi connectivity index (χ4n) is 3.39. The van der Waals surface area contributed by atoms with Gasteiger partial charge in [0.05, 0.1) is 25.5 Å². The molecule has 2 aliphatic heterocycles. The van der Waals surface area contributed by atoms with Crippen molar-refractivity contribution in [1.29, 1.82) is 0 Å². The van der Waals surface area contributed by atoms with E-state index in [1.807, 2.05) is 31.2 Å². The van der Waals surface area contributed by atoms with E-state index in [9.17, 15) is 13.2 Å². The molecule has 2 heterocycles. The lowest BCUT2D eigenvalue weighted by molar-refractivity contribution is 0.0318. The standard InChI is InChI=1S/C18H28N4O4S/c1-15-5-3-4-6-17(15)19-18(23)21-13-16(14-21)22(27(2,24)25)8-7-20-9-11-26-12-10-20/h3-6,16H,7-14H2,1-2H3,(H,19,23). The Bertz CT molecular complexity index is 758. The van der Waals surface area contributed by atoms with E-state index >= 15 is 0 Å². The summed E-state index contributed by atoms with van der Waals surface area (Å²) in [5, 5.41) is 2.89. The minimum Gasteiger partial charge on any atom is -0.379 e. The molecule has 0 aliphatic carbocycles. The number of amides is 2. The van der Waals surface area contributed by atoms with Crippen molar-refractivity contribution in [2.24, 2.45) is 0 Å². The largest absolute Gasteiger partial charge is 0.379 e. The molecule has 0 aromatic heterocycles. The fraction of sp³-hybridized carbons (Fsp3) is 0.611. The minimum absolute atomic E-state index is 0.163. The van der Waals surface area contributed by atoms with Crippen LogP contribution < -0.4 is 5.32 Å². The van der Waals surface area contributed by atoms with Crippen LogP contribution in [-0.2, 0) is 14.8 Å². The first-order chi connectivity index (χ1) is 12.8. The Morgan fingerprint density at radius 1 is 1.26 bits per heavy atom. The van der Waals surface area contributed by atoms with Crippen molar-refractivity contribution in [3.63, 3.8) is 0 Å². The maximum absolute atomic E-state index is 12.4. The number of urea groups is 1. The van der Waals surface area contributed by atoms with Crippen LogP contribution in [-0.4, -0.2) is 93.3 Å². The minimum atomic E-state index is -3.32. The van der Waals surface area contributed by atoms with Crippen LogP contribution in [0.3, 0.4) is 0 Å². The third-order valence-corrected chi connectivity index (χ3v) is 6.44. The van der Waals surface area contributed by atoms with Gasteiger partial charge in [0.2, 0.25) is 10.0 Å². The zero-order valence-corrected chi connectivity index (χ0v) is 16.7. The van der Waals surface area contributed by atoms with Crippen LogP contribution in [0.5, 0.6) is 0 Å². The lowest BCUT2D eigenvalue weighted by Gasteiger charge is -2.44. The number of hydrogen-bond donors (Lipinski definition) is 1. The van der Waals surface area contributed by atoms with E-state index in [1.54, 1.807) is 4.90 Å². The second-order valence-corrected chi connectivity index (χ2v) is 9.07. The number of ether oxygens (including phenoxy) is 1. The van der Waals surface area contributed by atoms with Gasteiger partial charge in [0.15, 0.2) is 0 Å². The number of nitrogens with one attached hydrogen (secondary N) is 1. The number of carbonyl (C=O) groups excluding carboxylic acids is 1. The van der Waals surface area contributed by atoms with Crippen molar-refractivity contribution in [2.75, 3.05) is 64.1 Å². The van der Waals surface area contributed by atoms with Crippen LogP contribution >= 0.6 is 0 Å². The molecule has 0 unspecified atom stereocenters. The first-order valence-electron chi connectivity index (χ1n) is 9.23. The van der Waals surface area contributed by atoms with E-state index < -0.39 is 10.0 Å². The Morgan fingerprint density at radius 2 is 1.93 bits per heavy atom. The van der Waals surface area contributed by atoms with E-state index in [1.165, 1.54) is 10.6 Å². The van der Waals surface area contributed by atoms with Crippen LogP contribution in [0.15, 0.2) is 24.3 Å². The molecule has 0 atom stereocenters. The van der Waals surface area contributed by atoms with Gasteiger partial charge in [0.25, 0.3) is 0 Å². The SMILES string of the molecule is Cc1ccccc1NC(=O)N1CC(N(CCN2CCOCC2)S(C)(=O)=O)C1. The summed E-state index contributed by atoms with van der Waals surface area (Å²) in [5.74, 6) is 0. The number of anilines is 1. The molecule has 0 saturated carbocycles. The molecule has 3 rings (SSSR count). The van der Waals surface area contributed by atoms with Gasteiger partial charge in [-0.1, -0.05) is 18.2 Å². The number of aryl methyl sites for hydroxylation is 1. The van der Waals surface area contributed by atoms with Crippen LogP contribution in [0, 0.1) is 6.92 Å². The van der Waals surface area contributed by atoms with Crippen molar-refractivity contribution in [3.05, 3.63) is 29.8 Å². The van der Waals surface area contributed by atoms with Gasteiger partial charge < -0.3 is 15.0 Å². The van der Waals surface area contributed by atoms with E-state index in [0.29, 0.717) is 39.4 Å². The summed E-state index contributed by atoms with van der Waals surface area (Å²) in [6.45, 7) is 6.91. The maximum atomic E-state index is 12.4. The van der Waals surface area contributed by atoms with Gasteiger partial charge in [-0.2, -0.15) is 4.31 Å². The van der Waals surface area contributed by atoms with Crippen molar-refractivity contribution in [3.8, 4) is 0 Å². The van der Waals surface area contributed by atoms with Gasteiger partial charge in [-0.3, -0.25) is 4.90 Å². The van der Waals surface area contributed by atoms with Crippen LogP contribution in [0.25, 0.3) is 0 Å². The Balaban J connectivity index is 1.52. The molecular formula is C18H28N4O4S. The summed E-state index contributed by atoms with van der Waals surface area (Å²) in [4.78, 5) is 16.2. The van der Waals surface area contributed by atoms with Gasteiger partial charge in [-0.25, -0.2) is 13.2 Å². The van der Waals surface area contributed by atoms with Crippen molar-refractivity contribution in [2.45, 2.75) is 13.0 Å². The van der Waals surface area contributed by atoms with Gasteiger partial charge in [0.1, 0.15) is 0 Å². The molecular weight excluding hydrogens is 368 g/mol. The highest BCUT2D eigenvalue weighted by Crippen LogP contribution is 2.20. The summed E-state index contributed by atoms with van der Waals surface area (Å²) in [7, 11) is -3.32. The lowest BCUT2D eigenvalue weighted by Crippen LogP contribution is -2.63. The zero-order valence-electron chi connectivity index (χ0n) is 15.9. The second-order valence-electron chi connectivity index (χ2n) is 7.13. The molecule has 0 radical (unpaired) electrons. The van der Waals surface area contributed by atoms with E-state index in [2.05, 4.69) is 10.2 Å². The van der Waals surface area contributed by atoms with Crippen molar-refractivity contribution in [1.82, 2.24) is 14.1 Å². The second kappa shape index (κ2) is 8.55. The molecule has 2 amide bonds. The van der Waals surface area contributed by atoms with Gasteiger partial charge >= 0.3 is 6.03 Å². The summed E-state index contributed by atoms with van der Waals surface area (Å²) in [6, 6.07) is 7.23. The number of nitrogens with zero attached hydrogens (tertiary/aromatic N) is 3. The van der Waals surface area contributed by atoms with Gasteiger partial charge in [-0.05, 0) is 18.6 Å². The van der Waals surface area contributed by atoms with E-state index in [-0.39, 0.29) is 12.1 Å². The number of carbonyl (C=O) groups is 1. The monoisotopic (exact) mass is 396 g/mol. The molecule has 9 heteroatoms. The number of likely N-dealkylation sites (tertiary alicyclic amines) is 1. The highest BCUT2D eigenvalue weighted by atomic mass is 32.2. The summed E-state index contributed by atoms with van der Waals surface area (Å²) in [6.07, 6.45) is 1.24. The zero-order chi connectivity index (χ0) is 19.4. The van der Waals surface area contributed by atoms with Crippen LogP contribution in [0.4, 0.5) is 10.5 Å². The normalized spacial score (nSPS) is 19.1. The smallest absolute Gasteiger partial charge is 0.321 e. The number of benzene rings is 1. The van der Waals surface area contributed by atoms with Crippen molar-refractivity contribution >= 4 is 21.7 Å². The Labute approximate surface area is 161 Å². The molecule has 2 saturated heterocycles. The number of hydrogen-bond acceptors (Lipinski definition) is 5. The first kappa shape index (κ1) is 20.1. The van der Waals surface area contributed by atoms with Crippen LogP contribution in [0.2, 0.25) is 0 Å². The first-order valence-corrected chi connectivity index (χ1v) is 11.1. The van der Waals surface area contributed by atoms with Crippen molar-refractivity contribution < 1.29 is 17.9 Å². The Kier molecular flexibility index (Phi) is 6.36. The van der Waals surface area contributed by atoms with Gasteiger partial charge in [-0.15, -0.1) is 0 Å². The lowest BCUT2D eigenvalue weighted by atomic mass is 10.1. The fourth-order valence-corrected chi connectivity index (χ4v) is 4.48. The average molecular weight is 397 g/mol. The molecule has 150 valence electrons. The summed E-state index contributed by atoms with van der Waals surface area (Å²) >= 11 is 0. The third-order valence-electron chi connectivity index (χ3n) is 5.11. The Morgan fingerprint density at radius 3 is 2.56 bits per heavy atom. The molecule has 1 aromatic rings. The highest BCUT2D eigenvalue weighted by Gasteiger charge is 2.38. The molecule has 8 nitrogen and oxygen atoms in total. The van der Waals surface area contributed by atoms with E-state index in [4.69, 9.17) is 4.74 Å². The number of morpholine rings is 1. The van der Waals surface area contributed by atoms with Crippen LogP contribution in [0.1, 0.15) is 5.56 Å². The summed E-state index contributed by atoms with van der Waals surface area (Å²) < 4.78 is 31.3.